The summed E-state index contributed by atoms with van der Waals surface area (Å²) in [5.74, 6) is 0. The minimum Gasteiger partial charge on any atom is -0.371 e. The summed E-state index contributed by atoms with van der Waals surface area (Å²) in [5, 5.41) is 11.3. The molecule has 0 saturated carbocycles. The van der Waals surface area contributed by atoms with Crippen molar-refractivity contribution < 1.29 is 4.92 Å². The van der Waals surface area contributed by atoms with Crippen LogP contribution in [0.5, 0.6) is 0 Å². The summed E-state index contributed by atoms with van der Waals surface area (Å²) in [6, 6.07) is 6.02. The van der Waals surface area contributed by atoms with Crippen LogP contribution in [0.1, 0.15) is 24.0 Å². The Bertz CT molecular complexity index is 726. The van der Waals surface area contributed by atoms with Crippen molar-refractivity contribution in [1.29, 1.82) is 0 Å². The van der Waals surface area contributed by atoms with Crippen molar-refractivity contribution >= 4 is 11.4 Å². The van der Waals surface area contributed by atoms with Crippen molar-refractivity contribution in [3.63, 3.8) is 0 Å². The molecule has 5 nitrogen and oxygen atoms in total. The third-order valence-electron chi connectivity index (χ3n) is 4.64. The Balaban J connectivity index is 1.90. The van der Waals surface area contributed by atoms with E-state index in [9.17, 15) is 10.1 Å². The molecule has 22 heavy (non-hydrogen) atoms. The van der Waals surface area contributed by atoms with Gasteiger partial charge in [-0.15, -0.1) is 0 Å². The van der Waals surface area contributed by atoms with Gasteiger partial charge in [0.1, 0.15) is 6.20 Å². The van der Waals surface area contributed by atoms with E-state index in [0.29, 0.717) is 5.56 Å². The molecule has 0 radical (unpaired) electrons. The molecule has 0 saturated heterocycles. The summed E-state index contributed by atoms with van der Waals surface area (Å²) in [4.78, 5) is 17.3. The van der Waals surface area contributed by atoms with Crippen LogP contribution in [0.3, 0.4) is 0 Å². The van der Waals surface area contributed by atoms with E-state index >= 15 is 0 Å². The molecule has 5 heteroatoms. The molecule has 2 aromatic rings. The highest BCUT2D eigenvalue weighted by atomic mass is 16.6. The Kier molecular flexibility index (Phi) is 3.06. The van der Waals surface area contributed by atoms with E-state index < -0.39 is 0 Å². The highest BCUT2D eigenvalue weighted by molar-refractivity contribution is 5.78. The highest BCUT2D eigenvalue weighted by Crippen LogP contribution is 2.40. The standard InChI is InChI=1S/C17H17N3O2/c21-20(22)16-11-18-6-5-15(16)14-9-12-3-1-7-19-8-2-4-13(10-14)17(12)19/h5-6,9-11H,1-4,7-8H2. The lowest BCUT2D eigenvalue weighted by atomic mass is 9.88. The second-order valence-electron chi connectivity index (χ2n) is 5.99. The van der Waals surface area contributed by atoms with Crippen LogP contribution in [0, 0.1) is 10.1 Å². The number of benzene rings is 1. The van der Waals surface area contributed by atoms with Crippen molar-refractivity contribution in [3.05, 3.63) is 51.8 Å². The average Bonchev–Trinajstić information content (AvgIpc) is 2.55. The molecule has 0 amide bonds. The fourth-order valence-electron chi connectivity index (χ4n) is 3.73. The first-order chi connectivity index (χ1) is 10.7. The number of aryl methyl sites for hydroxylation is 2. The summed E-state index contributed by atoms with van der Waals surface area (Å²) in [6.45, 7) is 2.27. The Morgan fingerprint density at radius 1 is 1.14 bits per heavy atom. The molecule has 2 aliphatic rings. The van der Waals surface area contributed by atoms with Gasteiger partial charge in [-0.1, -0.05) is 0 Å². The first-order valence-electron chi connectivity index (χ1n) is 7.73. The largest absolute Gasteiger partial charge is 0.371 e. The lowest BCUT2D eigenvalue weighted by Gasteiger charge is -2.37. The van der Waals surface area contributed by atoms with Crippen LogP contribution in [0.4, 0.5) is 11.4 Å². The number of aromatic nitrogens is 1. The maximum Gasteiger partial charge on any atom is 0.295 e. The van der Waals surface area contributed by atoms with Gasteiger partial charge < -0.3 is 4.90 Å². The summed E-state index contributed by atoms with van der Waals surface area (Å²) < 4.78 is 0. The molecular weight excluding hydrogens is 278 g/mol. The summed E-state index contributed by atoms with van der Waals surface area (Å²) >= 11 is 0. The van der Waals surface area contributed by atoms with Crippen molar-refractivity contribution in [2.45, 2.75) is 25.7 Å². The third kappa shape index (κ3) is 2.04. The van der Waals surface area contributed by atoms with Gasteiger partial charge in [-0.3, -0.25) is 15.1 Å². The van der Waals surface area contributed by atoms with Gasteiger partial charge in [0.25, 0.3) is 5.69 Å². The Hall–Kier alpha value is -2.43. The molecular formula is C17H17N3O2. The Morgan fingerprint density at radius 2 is 1.82 bits per heavy atom. The zero-order valence-corrected chi connectivity index (χ0v) is 12.3. The second-order valence-corrected chi connectivity index (χ2v) is 5.99. The topological polar surface area (TPSA) is 59.3 Å². The van der Waals surface area contributed by atoms with Gasteiger partial charge in [0.2, 0.25) is 0 Å². The molecule has 0 N–H and O–H groups in total. The fraction of sp³-hybridized carbons (Fsp3) is 0.353. The van der Waals surface area contributed by atoms with E-state index in [4.69, 9.17) is 0 Å². The minimum absolute atomic E-state index is 0.0816. The van der Waals surface area contributed by atoms with Crippen LogP contribution in [0.15, 0.2) is 30.6 Å². The van der Waals surface area contributed by atoms with Crippen LogP contribution in [-0.2, 0) is 12.8 Å². The average molecular weight is 295 g/mol. The zero-order valence-electron chi connectivity index (χ0n) is 12.3. The van der Waals surface area contributed by atoms with Gasteiger partial charge >= 0.3 is 0 Å². The summed E-state index contributed by atoms with van der Waals surface area (Å²) in [7, 11) is 0. The number of pyridine rings is 1. The van der Waals surface area contributed by atoms with Gasteiger partial charge in [0.15, 0.2) is 0 Å². The molecule has 0 unspecified atom stereocenters. The smallest absolute Gasteiger partial charge is 0.295 e. The predicted molar refractivity (Wildman–Crippen MR) is 85.2 cm³/mol. The van der Waals surface area contributed by atoms with Gasteiger partial charge in [-0.2, -0.15) is 0 Å². The molecule has 3 heterocycles. The van der Waals surface area contributed by atoms with Gasteiger partial charge in [-0.05, 0) is 60.6 Å². The van der Waals surface area contributed by atoms with E-state index in [1.807, 2.05) is 0 Å². The van der Waals surface area contributed by atoms with E-state index in [0.717, 1.165) is 44.3 Å². The third-order valence-corrected chi connectivity index (χ3v) is 4.64. The Morgan fingerprint density at radius 3 is 2.45 bits per heavy atom. The number of hydrogen-bond acceptors (Lipinski definition) is 4. The summed E-state index contributed by atoms with van der Waals surface area (Å²) in [6.07, 6.45) is 7.41. The first-order valence-corrected chi connectivity index (χ1v) is 7.73. The van der Waals surface area contributed by atoms with Crippen LogP contribution in [-0.4, -0.2) is 23.0 Å². The number of nitrogens with zero attached hydrogens (tertiary/aromatic N) is 3. The van der Waals surface area contributed by atoms with E-state index in [-0.39, 0.29) is 10.6 Å². The zero-order chi connectivity index (χ0) is 15.1. The van der Waals surface area contributed by atoms with Crippen molar-refractivity contribution in [2.24, 2.45) is 0 Å². The highest BCUT2D eigenvalue weighted by Gasteiger charge is 2.25. The number of nitro groups is 1. The molecule has 0 bridgehead atoms. The maximum atomic E-state index is 11.3. The Labute approximate surface area is 128 Å². The van der Waals surface area contributed by atoms with Crippen molar-refractivity contribution in [1.82, 2.24) is 4.98 Å². The van der Waals surface area contributed by atoms with E-state index in [2.05, 4.69) is 22.0 Å². The first kappa shape index (κ1) is 13.2. The van der Waals surface area contributed by atoms with E-state index in [1.54, 1.807) is 12.3 Å². The lowest BCUT2D eigenvalue weighted by Crippen LogP contribution is -2.34. The van der Waals surface area contributed by atoms with Gasteiger partial charge in [-0.25, -0.2) is 0 Å². The molecule has 0 aliphatic carbocycles. The molecule has 1 aromatic heterocycles. The van der Waals surface area contributed by atoms with Crippen LogP contribution in [0.25, 0.3) is 11.1 Å². The molecule has 0 fully saturated rings. The van der Waals surface area contributed by atoms with E-state index in [1.165, 1.54) is 23.0 Å². The number of rotatable bonds is 2. The molecule has 2 aliphatic heterocycles. The molecule has 0 atom stereocenters. The predicted octanol–water partition coefficient (Wildman–Crippen LogP) is 3.36. The minimum atomic E-state index is -0.348. The number of hydrogen-bond donors (Lipinski definition) is 0. The van der Waals surface area contributed by atoms with Crippen LogP contribution in [0.2, 0.25) is 0 Å². The lowest BCUT2D eigenvalue weighted by molar-refractivity contribution is -0.384. The second kappa shape index (κ2) is 5.09. The van der Waals surface area contributed by atoms with Crippen LogP contribution >= 0.6 is 0 Å². The van der Waals surface area contributed by atoms with Gasteiger partial charge in [0.05, 0.1) is 10.5 Å². The van der Waals surface area contributed by atoms with Crippen LogP contribution < -0.4 is 4.90 Å². The van der Waals surface area contributed by atoms with Crippen molar-refractivity contribution in [3.8, 4) is 11.1 Å². The fourth-order valence-corrected chi connectivity index (χ4v) is 3.73. The molecule has 112 valence electrons. The van der Waals surface area contributed by atoms with Crippen molar-refractivity contribution in [2.75, 3.05) is 18.0 Å². The number of anilines is 1. The normalized spacial score (nSPS) is 16.3. The van der Waals surface area contributed by atoms with Gasteiger partial charge in [0, 0.05) is 25.0 Å². The monoisotopic (exact) mass is 295 g/mol. The molecule has 4 rings (SSSR count). The maximum absolute atomic E-state index is 11.3. The summed E-state index contributed by atoms with van der Waals surface area (Å²) in [5.41, 5.74) is 5.76. The molecule has 0 spiro atoms. The molecule has 1 aromatic carbocycles. The SMILES string of the molecule is O=[N+]([O-])c1cnccc1-c1cc2c3c(c1)CCCN3CCC2. The quantitative estimate of drug-likeness (QED) is 0.629.